The Morgan fingerprint density at radius 1 is 0.964 bits per heavy atom. The summed E-state index contributed by atoms with van der Waals surface area (Å²) in [7, 11) is 0. The summed E-state index contributed by atoms with van der Waals surface area (Å²) >= 11 is 18.3. The van der Waals surface area contributed by atoms with Crippen molar-refractivity contribution in [1.82, 2.24) is 5.32 Å². The molecule has 9 heteroatoms. The van der Waals surface area contributed by atoms with E-state index in [4.69, 9.17) is 39.2 Å². The van der Waals surface area contributed by atoms with Crippen LogP contribution in [0.25, 0.3) is 11.3 Å². The lowest BCUT2D eigenvalue weighted by Crippen LogP contribution is -2.21. The largest absolute Gasteiger partial charge is 0.460 e. The van der Waals surface area contributed by atoms with Crippen molar-refractivity contribution in [2.24, 2.45) is 0 Å². The van der Waals surface area contributed by atoms with Gasteiger partial charge in [0.15, 0.2) is 0 Å². The number of anilines is 1. The number of halogens is 3. The molecule has 0 amide bonds. The van der Waals surface area contributed by atoms with E-state index in [1.165, 1.54) is 12.1 Å². The fourth-order valence-electron chi connectivity index (χ4n) is 2.56. The van der Waals surface area contributed by atoms with Crippen molar-refractivity contribution in [3.8, 4) is 11.3 Å². The van der Waals surface area contributed by atoms with Gasteiger partial charge in [0.25, 0.3) is 5.69 Å². The summed E-state index contributed by atoms with van der Waals surface area (Å²) in [5, 5.41) is 18.6. The van der Waals surface area contributed by atoms with Gasteiger partial charge in [0.1, 0.15) is 11.5 Å². The van der Waals surface area contributed by atoms with Crippen molar-refractivity contribution in [3.63, 3.8) is 0 Å². The Morgan fingerprint density at radius 3 is 2.54 bits per heavy atom. The van der Waals surface area contributed by atoms with E-state index in [1.807, 2.05) is 12.1 Å². The second-order valence-corrected chi connectivity index (χ2v) is 7.17. The smallest absolute Gasteiger partial charge is 0.271 e. The first kappa shape index (κ1) is 20.5. The molecular weight excluding hydrogens is 425 g/mol. The summed E-state index contributed by atoms with van der Waals surface area (Å²) in [5.74, 6) is 1.42. The molecule has 0 aliphatic carbocycles. The molecule has 0 saturated heterocycles. The van der Waals surface area contributed by atoms with Gasteiger partial charge in [0.2, 0.25) is 0 Å². The molecule has 1 aromatic heterocycles. The Bertz CT molecular complexity index is 992. The second kappa shape index (κ2) is 9.30. The molecule has 2 aromatic carbocycles. The van der Waals surface area contributed by atoms with Crippen molar-refractivity contribution in [3.05, 3.63) is 79.5 Å². The standard InChI is InChI=1S/C19H16Cl3N3O3/c20-12-1-4-16(21)15(9-12)19-6-3-14(28-19)11-23-7-8-24-18-5-2-13(25(26)27)10-17(18)22/h1-6,9-10,23-24H,7-8,11H2. The summed E-state index contributed by atoms with van der Waals surface area (Å²) < 4.78 is 5.81. The number of non-ortho nitro benzene ring substituents is 1. The van der Waals surface area contributed by atoms with Gasteiger partial charge in [-0.2, -0.15) is 0 Å². The van der Waals surface area contributed by atoms with Crippen LogP contribution in [0.15, 0.2) is 52.9 Å². The van der Waals surface area contributed by atoms with Crippen LogP contribution in [0.4, 0.5) is 11.4 Å². The Balaban J connectivity index is 1.48. The Labute approximate surface area is 176 Å². The van der Waals surface area contributed by atoms with Gasteiger partial charge in [-0.05, 0) is 36.4 Å². The van der Waals surface area contributed by atoms with Gasteiger partial charge in [-0.3, -0.25) is 10.1 Å². The molecule has 0 saturated carbocycles. The fraction of sp³-hybridized carbons (Fsp3) is 0.158. The monoisotopic (exact) mass is 439 g/mol. The van der Waals surface area contributed by atoms with Crippen LogP contribution in [0.1, 0.15) is 5.76 Å². The number of rotatable bonds is 8. The summed E-state index contributed by atoms with van der Waals surface area (Å²) in [5.41, 5.74) is 1.35. The Kier molecular flexibility index (Phi) is 6.80. The predicted octanol–water partition coefficient (Wildman–Crippen LogP) is 6.02. The molecular formula is C19H16Cl3N3O3. The Morgan fingerprint density at radius 2 is 1.79 bits per heavy atom. The third kappa shape index (κ3) is 5.17. The number of hydrogen-bond acceptors (Lipinski definition) is 5. The highest BCUT2D eigenvalue weighted by Crippen LogP contribution is 2.31. The first-order valence-corrected chi connectivity index (χ1v) is 9.50. The minimum atomic E-state index is -0.481. The van der Waals surface area contributed by atoms with Crippen molar-refractivity contribution in [1.29, 1.82) is 0 Å². The van der Waals surface area contributed by atoms with Crippen LogP contribution in [0.2, 0.25) is 15.1 Å². The molecule has 0 atom stereocenters. The average molecular weight is 441 g/mol. The van der Waals surface area contributed by atoms with Crippen molar-refractivity contribution < 1.29 is 9.34 Å². The number of nitro benzene ring substituents is 1. The number of nitrogens with zero attached hydrogens (tertiary/aromatic N) is 1. The van der Waals surface area contributed by atoms with Crippen LogP contribution in [-0.4, -0.2) is 18.0 Å². The molecule has 0 fully saturated rings. The van der Waals surface area contributed by atoms with E-state index in [1.54, 1.807) is 24.3 Å². The van der Waals surface area contributed by atoms with Crippen LogP contribution < -0.4 is 10.6 Å². The van der Waals surface area contributed by atoms with Crippen LogP contribution in [-0.2, 0) is 6.54 Å². The number of nitro groups is 1. The highest BCUT2D eigenvalue weighted by atomic mass is 35.5. The van der Waals surface area contributed by atoms with Crippen LogP contribution in [0.5, 0.6) is 0 Å². The van der Waals surface area contributed by atoms with Gasteiger partial charge in [-0.1, -0.05) is 34.8 Å². The molecule has 3 rings (SSSR count). The topological polar surface area (TPSA) is 80.3 Å². The normalized spacial score (nSPS) is 10.8. The van der Waals surface area contributed by atoms with E-state index >= 15 is 0 Å². The number of furan rings is 1. The summed E-state index contributed by atoms with van der Waals surface area (Å²) in [6.07, 6.45) is 0. The molecule has 146 valence electrons. The van der Waals surface area contributed by atoms with Crippen LogP contribution in [0, 0.1) is 10.1 Å². The number of nitrogens with one attached hydrogen (secondary N) is 2. The van der Waals surface area contributed by atoms with Crippen molar-refractivity contribution >= 4 is 46.2 Å². The zero-order chi connectivity index (χ0) is 20.1. The zero-order valence-corrected chi connectivity index (χ0v) is 16.8. The van der Waals surface area contributed by atoms with E-state index in [9.17, 15) is 10.1 Å². The van der Waals surface area contributed by atoms with Crippen LogP contribution in [0.3, 0.4) is 0 Å². The molecule has 0 aliphatic rings. The van der Waals surface area contributed by atoms with Gasteiger partial charge < -0.3 is 15.1 Å². The maximum absolute atomic E-state index is 10.7. The van der Waals surface area contributed by atoms with E-state index in [0.717, 1.165) is 11.3 Å². The zero-order valence-electron chi connectivity index (χ0n) is 14.5. The van der Waals surface area contributed by atoms with E-state index in [0.29, 0.717) is 46.1 Å². The molecule has 3 aromatic rings. The summed E-state index contributed by atoms with van der Waals surface area (Å²) in [4.78, 5) is 10.2. The molecule has 2 N–H and O–H groups in total. The fourth-order valence-corrected chi connectivity index (χ4v) is 3.19. The van der Waals surface area contributed by atoms with E-state index in [2.05, 4.69) is 10.6 Å². The maximum atomic E-state index is 10.7. The van der Waals surface area contributed by atoms with Crippen LogP contribution >= 0.6 is 34.8 Å². The molecule has 0 unspecified atom stereocenters. The van der Waals surface area contributed by atoms with Crippen molar-refractivity contribution in [2.75, 3.05) is 18.4 Å². The Hall–Kier alpha value is -2.25. The molecule has 28 heavy (non-hydrogen) atoms. The van der Waals surface area contributed by atoms with Gasteiger partial charge in [-0.15, -0.1) is 0 Å². The van der Waals surface area contributed by atoms with Gasteiger partial charge >= 0.3 is 0 Å². The molecule has 0 bridgehead atoms. The average Bonchev–Trinajstić information content (AvgIpc) is 3.13. The molecule has 1 heterocycles. The lowest BCUT2D eigenvalue weighted by Gasteiger charge is -2.08. The van der Waals surface area contributed by atoms with Gasteiger partial charge in [-0.25, -0.2) is 0 Å². The van der Waals surface area contributed by atoms with E-state index < -0.39 is 4.92 Å². The van der Waals surface area contributed by atoms with Crippen molar-refractivity contribution in [2.45, 2.75) is 6.54 Å². The number of hydrogen-bond donors (Lipinski definition) is 2. The van der Waals surface area contributed by atoms with Gasteiger partial charge in [0.05, 0.1) is 27.2 Å². The SMILES string of the molecule is O=[N+]([O-])c1ccc(NCCNCc2ccc(-c3cc(Cl)ccc3Cl)o2)c(Cl)c1. The highest BCUT2D eigenvalue weighted by molar-refractivity contribution is 6.35. The molecule has 0 radical (unpaired) electrons. The predicted molar refractivity (Wildman–Crippen MR) is 112 cm³/mol. The summed E-state index contributed by atoms with van der Waals surface area (Å²) in [6.45, 7) is 1.76. The highest BCUT2D eigenvalue weighted by Gasteiger charge is 2.10. The quantitative estimate of drug-likeness (QED) is 0.254. The summed E-state index contributed by atoms with van der Waals surface area (Å²) in [6, 6.07) is 13.3. The first-order valence-electron chi connectivity index (χ1n) is 8.36. The molecule has 6 nitrogen and oxygen atoms in total. The third-order valence-electron chi connectivity index (χ3n) is 3.94. The number of benzene rings is 2. The first-order chi connectivity index (χ1) is 13.4. The van der Waals surface area contributed by atoms with Gasteiger partial charge in [0, 0.05) is 35.8 Å². The lowest BCUT2D eigenvalue weighted by atomic mass is 10.2. The lowest BCUT2D eigenvalue weighted by molar-refractivity contribution is -0.384. The molecule has 0 aliphatic heterocycles. The third-order valence-corrected chi connectivity index (χ3v) is 4.81. The van der Waals surface area contributed by atoms with E-state index in [-0.39, 0.29) is 5.69 Å². The minimum absolute atomic E-state index is 0.0397. The second-order valence-electron chi connectivity index (χ2n) is 5.91. The maximum Gasteiger partial charge on any atom is 0.271 e. The minimum Gasteiger partial charge on any atom is -0.460 e. The molecule has 0 spiro atoms.